The van der Waals surface area contributed by atoms with Crippen molar-refractivity contribution in [3.8, 4) is 5.75 Å². The van der Waals surface area contributed by atoms with E-state index in [1.54, 1.807) is 0 Å². The molecule has 2 aromatic rings. The third-order valence-electron chi connectivity index (χ3n) is 7.34. The molecule has 176 valence electrons. The van der Waals surface area contributed by atoms with Gasteiger partial charge >= 0.3 is 0 Å². The standard InChI is InChI=1S/C28H36N2O3/c1-2-29-20-21-33-25-14-7-6-12-24(25)13-8-9-15-28(27(29)32)16-18-30(19-17-28)26(31)22-23-10-4-3-5-11-23/h3-7,10-12,14H,2,8-9,13,15-22H2,1H3. The number of piperidine rings is 1. The molecule has 4 rings (SSSR count). The molecule has 1 fully saturated rings. The second-order valence-corrected chi connectivity index (χ2v) is 9.37. The predicted molar refractivity (Wildman–Crippen MR) is 130 cm³/mol. The number of rotatable bonds is 3. The molecular weight excluding hydrogens is 412 g/mol. The molecule has 5 nitrogen and oxygen atoms in total. The van der Waals surface area contributed by atoms with Crippen molar-refractivity contribution in [1.82, 2.24) is 9.80 Å². The number of nitrogens with zero attached hydrogens (tertiary/aromatic N) is 2. The van der Waals surface area contributed by atoms with E-state index in [2.05, 4.69) is 12.1 Å². The van der Waals surface area contributed by atoms with Crippen molar-refractivity contribution in [3.63, 3.8) is 0 Å². The first-order valence-electron chi connectivity index (χ1n) is 12.4. The summed E-state index contributed by atoms with van der Waals surface area (Å²) < 4.78 is 6.07. The van der Waals surface area contributed by atoms with Gasteiger partial charge in [-0.2, -0.15) is 0 Å². The van der Waals surface area contributed by atoms with E-state index in [9.17, 15) is 9.59 Å². The van der Waals surface area contributed by atoms with Gasteiger partial charge in [0.15, 0.2) is 0 Å². The van der Waals surface area contributed by atoms with Crippen LogP contribution in [0.2, 0.25) is 0 Å². The molecule has 0 atom stereocenters. The third-order valence-corrected chi connectivity index (χ3v) is 7.34. The SMILES string of the molecule is CCN1CCOc2ccccc2CCCCC2(CCN(C(=O)Cc3ccccc3)CC2)C1=O. The van der Waals surface area contributed by atoms with Crippen LogP contribution in [-0.2, 0) is 22.4 Å². The van der Waals surface area contributed by atoms with Crippen LogP contribution in [0.15, 0.2) is 54.6 Å². The molecule has 33 heavy (non-hydrogen) atoms. The number of fused-ring (bicyclic) bond motifs is 1. The lowest BCUT2D eigenvalue weighted by Crippen LogP contribution is -2.52. The topological polar surface area (TPSA) is 49.9 Å². The van der Waals surface area contributed by atoms with E-state index in [0.29, 0.717) is 39.2 Å². The summed E-state index contributed by atoms with van der Waals surface area (Å²) in [6, 6.07) is 18.2. The van der Waals surface area contributed by atoms with Gasteiger partial charge in [-0.15, -0.1) is 0 Å². The number of hydrogen-bond acceptors (Lipinski definition) is 3. The fourth-order valence-corrected chi connectivity index (χ4v) is 5.27. The highest BCUT2D eigenvalue weighted by Crippen LogP contribution is 2.39. The molecule has 0 aromatic heterocycles. The van der Waals surface area contributed by atoms with Gasteiger partial charge in [-0.25, -0.2) is 0 Å². The molecule has 2 aromatic carbocycles. The Labute approximate surface area is 197 Å². The largest absolute Gasteiger partial charge is 0.491 e. The Morgan fingerprint density at radius 3 is 2.42 bits per heavy atom. The number of carbonyl (C=O) groups excluding carboxylic acids is 2. The van der Waals surface area contributed by atoms with Gasteiger partial charge < -0.3 is 14.5 Å². The van der Waals surface area contributed by atoms with E-state index in [-0.39, 0.29) is 17.2 Å². The third kappa shape index (κ3) is 5.58. The van der Waals surface area contributed by atoms with E-state index in [1.165, 1.54) is 5.56 Å². The fraction of sp³-hybridized carbons (Fsp3) is 0.500. The average molecular weight is 449 g/mol. The monoisotopic (exact) mass is 448 g/mol. The minimum Gasteiger partial charge on any atom is -0.491 e. The van der Waals surface area contributed by atoms with Crippen molar-refractivity contribution in [3.05, 3.63) is 65.7 Å². The summed E-state index contributed by atoms with van der Waals surface area (Å²) >= 11 is 0. The van der Waals surface area contributed by atoms with Crippen LogP contribution in [0.1, 0.15) is 50.2 Å². The van der Waals surface area contributed by atoms with Crippen molar-refractivity contribution < 1.29 is 14.3 Å². The molecule has 2 amide bonds. The number of carbonyl (C=O) groups is 2. The zero-order valence-corrected chi connectivity index (χ0v) is 19.8. The first kappa shape index (κ1) is 23.3. The van der Waals surface area contributed by atoms with Crippen molar-refractivity contribution in [2.45, 2.75) is 51.9 Å². The van der Waals surface area contributed by atoms with Gasteiger partial charge in [-0.05, 0) is 56.2 Å². The van der Waals surface area contributed by atoms with Gasteiger partial charge in [0, 0.05) is 19.6 Å². The van der Waals surface area contributed by atoms with E-state index in [0.717, 1.165) is 49.8 Å². The molecule has 0 N–H and O–H groups in total. The number of likely N-dealkylation sites (N-methyl/N-ethyl adjacent to an activating group) is 1. The van der Waals surface area contributed by atoms with E-state index in [1.807, 2.05) is 59.2 Å². The lowest BCUT2D eigenvalue weighted by atomic mass is 9.73. The zero-order chi connectivity index (χ0) is 23.1. The Hall–Kier alpha value is -2.82. The summed E-state index contributed by atoms with van der Waals surface area (Å²) in [4.78, 5) is 30.5. The van der Waals surface area contributed by atoms with Gasteiger partial charge in [0.25, 0.3) is 0 Å². The Morgan fingerprint density at radius 1 is 0.939 bits per heavy atom. The van der Waals surface area contributed by atoms with Gasteiger partial charge in [0.2, 0.25) is 11.8 Å². The second kappa shape index (κ2) is 10.9. The molecule has 2 aliphatic rings. The average Bonchev–Trinajstić information content (AvgIpc) is 2.85. The molecule has 2 heterocycles. The van der Waals surface area contributed by atoms with Crippen molar-refractivity contribution in [1.29, 1.82) is 0 Å². The lowest BCUT2D eigenvalue weighted by Gasteiger charge is -2.43. The number of amides is 2. The summed E-state index contributed by atoms with van der Waals surface area (Å²) in [5.41, 5.74) is 1.93. The molecule has 2 aliphatic heterocycles. The van der Waals surface area contributed by atoms with Crippen LogP contribution in [0.5, 0.6) is 5.75 Å². The molecule has 0 radical (unpaired) electrons. The smallest absolute Gasteiger partial charge is 0.229 e. The normalized spacial score (nSPS) is 19.2. The van der Waals surface area contributed by atoms with Gasteiger partial charge in [-0.1, -0.05) is 55.0 Å². The van der Waals surface area contributed by atoms with E-state index in [4.69, 9.17) is 4.74 Å². The number of ether oxygens (including phenoxy) is 1. The van der Waals surface area contributed by atoms with Crippen LogP contribution in [0.4, 0.5) is 0 Å². The van der Waals surface area contributed by atoms with Crippen molar-refractivity contribution >= 4 is 11.8 Å². The van der Waals surface area contributed by atoms with Crippen molar-refractivity contribution in [2.75, 3.05) is 32.8 Å². The highest BCUT2D eigenvalue weighted by molar-refractivity contribution is 5.84. The fourth-order valence-electron chi connectivity index (χ4n) is 5.27. The number of benzene rings is 2. The number of hydrogen-bond donors (Lipinski definition) is 0. The van der Waals surface area contributed by atoms with E-state index >= 15 is 0 Å². The minimum atomic E-state index is -0.363. The molecule has 5 heteroatoms. The minimum absolute atomic E-state index is 0.161. The van der Waals surface area contributed by atoms with Crippen LogP contribution in [0, 0.1) is 5.41 Å². The highest BCUT2D eigenvalue weighted by Gasteiger charge is 2.43. The summed E-state index contributed by atoms with van der Waals surface area (Å²) in [7, 11) is 0. The maximum atomic E-state index is 13.7. The summed E-state index contributed by atoms with van der Waals surface area (Å²) in [5, 5.41) is 0. The zero-order valence-electron chi connectivity index (χ0n) is 19.8. The Morgan fingerprint density at radius 2 is 1.67 bits per heavy atom. The summed E-state index contributed by atoms with van der Waals surface area (Å²) in [5.74, 6) is 1.35. The molecule has 0 saturated carbocycles. The summed E-state index contributed by atoms with van der Waals surface area (Å²) in [6.07, 6.45) is 5.85. The second-order valence-electron chi connectivity index (χ2n) is 9.37. The molecule has 0 bridgehead atoms. The molecule has 1 saturated heterocycles. The maximum absolute atomic E-state index is 13.7. The van der Waals surface area contributed by atoms with Crippen molar-refractivity contribution in [2.24, 2.45) is 5.41 Å². The van der Waals surface area contributed by atoms with Gasteiger partial charge in [0.05, 0.1) is 18.4 Å². The van der Waals surface area contributed by atoms with Crippen LogP contribution in [-0.4, -0.2) is 54.4 Å². The first-order chi connectivity index (χ1) is 16.1. The summed E-state index contributed by atoms with van der Waals surface area (Å²) in [6.45, 7) is 5.16. The number of para-hydroxylation sites is 1. The Bertz CT molecular complexity index is 935. The number of aryl methyl sites for hydroxylation is 1. The Kier molecular flexibility index (Phi) is 7.69. The number of likely N-dealkylation sites (tertiary alicyclic amines) is 1. The van der Waals surface area contributed by atoms with Crippen LogP contribution >= 0.6 is 0 Å². The lowest BCUT2D eigenvalue weighted by molar-refractivity contribution is -0.149. The van der Waals surface area contributed by atoms with Gasteiger partial charge in [0.1, 0.15) is 12.4 Å². The molecular formula is C28H36N2O3. The van der Waals surface area contributed by atoms with Crippen LogP contribution in [0.25, 0.3) is 0 Å². The highest BCUT2D eigenvalue weighted by atomic mass is 16.5. The first-order valence-corrected chi connectivity index (χ1v) is 12.4. The Balaban J connectivity index is 1.44. The van der Waals surface area contributed by atoms with E-state index < -0.39 is 0 Å². The van der Waals surface area contributed by atoms with Gasteiger partial charge in [-0.3, -0.25) is 9.59 Å². The predicted octanol–water partition coefficient (Wildman–Crippen LogP) is 4.49. The van der Waals surface area contributed by atoms with Crippen LogP contribution < -0.4 is 4.74 Å². The molecule has 1 spiro atoms. The molecule has 0 aliphatic carbocycles. The van der Waals surface area contributed by atoms with Crippen LogP contribution in [0.3, 0.4) is 0 Å². The maximum Gasteiger partial charge on any atom is 0.229 e. The quantitative estimate of drug-likeness (QED) is 0.695. The molecule has 0 unspecified atom stereocenters.